The Hall–Kier alpha value is -3.42. The summed E-state index contributed by atoms with van der Waals surface area (Å²) in [5.74, 6) is -0.714. The molecule has 2 aromatic heterocycles. The number of nitrogens with zero attached hydrogens (tertiary/aromatic N) is 5. The van der Waals surface area contributed by atoms with E-state index in [1.807, 2.05) is 25.1 Å². The summed E-state index contributed by atoms with van der Waals surface area (Å²) in [6.45, 7) is 2.98. The molecule has 1 saturated heterocycles. The zero-order valence-electron chi connectivity index (χ0n) is 15.5. The second-order valence-electron chi connectivity index (χ2n) is 7.02. The number of rotatable bonds is 4. The third kappa shape index (κ3) is 2.96. The van der Waals surface area contributed by atoms with Gasteiger partial charge in [0.05, 0.1) is 17.6 Å². The van der Waals surface area contributed by atoms with Crippen LogP contribution in [0.3, 0.4) is 0 Å². The van der Waals surface area contributed by atoms with Crippen molar-refractivity contribution in [1.29, 1.82) is 0 Å². The van der Waals surface area contributed by atoms with E-state index in [1.165, 1.54) is 0 Å². The molecule has 0 radical (unpaired) electrons. The van der Waals surface area contributed by atoms with Gasteiger partial charge in [-0.2, -0.15) is 15.3 Å². The largest absolute Gasteiger partial charge is 0.507 e. The van der Waals surface area contributed by atoms with Crippen LogP contribution in [0.4, 0.5) is 5.69 Å². The molecule has 8 nitrogen and oxygen atoms in total. The van der Waals surface area contributed by atoms with Gasteiger partial charge in [-0.05, 0) is 31.2 Å². The molecule has 144 valence electrons. The number of carboxylic acids is 1. The molecule has 0 unspecified atom stereocenters. The van der Waals surface area contributed by atoms with E-state index in [2.05, 4.69) is 20.2 Å². The standard InChI is InChI=1S/C20H21N5O3/c1-14-6-9-22-25(14)20(19(27)28)7-10-24(11-8-20)15-12-17(23-21-13-15)16-4-2-3-5-18(16)26/h2-6,9,12-13,26H,7-8,10-11H2,1H3,(H,27,28). The number of piperidine rings is 1. The normalized spacial score (nSPS) is 16.1. The molecular formula is C20H21N5O3. The molecule has 1 aliphatic heterocycles. The van der Waals surface area contributed by atoms with Gasteiger partial charge in [-0.25, -0.2) is 4.79 Å². The van der Waals surface area contributed by atoms with E-state index in [4.69, 9.17) is 0 Å². The number of hydrogen-bond acceptors (Lipinski definition) is 6. The van der Waals surface area contributed by atoms with Crippen LogP contribution < -0.4 is 4.90 Å². The number of hydrogen-bond donors (Lipinski definition) is 2. The molecule has 4 rings (SSSR count). The predicted molar refractivity (Wildman–Crippen MR) is 103 cm³/mol. The van der Waals surface area contributed by atoms with Crippen molar-refractivity contribution in [2.45, 2.75) is 25.3 Å². The Morgan fingerprint density at radius 2 is 1.93 bits per heavy atom. The van der Waals surface area contributed by atoms with Crippen molar-refractivity contribution >= 4 is 11.7 Å². The molecule has 1 aromatic carbocycles. The van der Waals surface area contributed by atoms with Crippen LogP contribution >= 0.6 is 0 Å². The molecule has 1 aliphatic rings. The van der Waals surface area contributed by atoms with Crippen LogP contribution in [-0.2, 0) is 10.3 Å². The second-order valence-corrected chi connectivity index (χ2v) is 7.02. The highest BCUT2D eigenvalue weighted by Crippen LogP contribution is 2.34. The molecule has 2 N–H and O–H groups in total. The summed E-state index contributed by atoms with van der Waals surface area (Å²) in [7, 11) is 0. The summed E-state index contributed by atoms with van der Waals surface area (Å²) in [5.41, 5.74) is 1.84. The Labute approximate surface area is 162 Å². The van der Waals surface area contributed by atoms with Gasteiger partial charge in [-0.15, -0.1) is 0 Å². The van der Waals surface area contributed by atoms with Crippen molar-refractivity contribution in [2.75, 3.05) is 18.0 Å². The zero-order valence-corrected chi connectivity index (χ0v) is 15.5. The fourth-order valence-corrected chi connectivity index (χ4v) is 3.82. The minimum Gasteiger partial charge on any atom is -0.507 e. The van der Waals surface area contributed by atoms with Crippen LogP contribution in [0.25, 0.3) is 11.3 Å². The summed E-state index contributed by atoms with van der Waals surface area (Å²) < 4.78 is 1.63. The number of aryl methyl sites for hydroxylation is 1. The number of benzene rings is 1. The maximum absolute atomic E-state index is 12.1. The molecule has 28 heavy (non-hydrogen) atoms. The van der Waals surface area contributed by atoms with Crippen molar-refractivity contribution in [2.24, 2.45) is 0 Å². The lowest BCUT2D eigenvalue weighted by Crippen LogP contribution is -2.52. The Morgan fingerprint density at radius 3 is 2.57 bits per heavy atom. The first-order valence-electron chi connectivity index (χ1n) is 9.12. The molecule has 0 aliphatic carbocycles. The highest BCUT2D eigenvalue weighted by molar-refractivity contribution is 5.77. The number of carboxylic acid groups (broad SMARTS) is 1. The molecule has 3 heterocycles. The quantitative estimate of drug-likeness (QED) is 0.717. The maximum atomic E-state index is 12.1. The highest BCUT2D eigenvalue weighted by atomic mass is 16.4. The number of para-hydroxylation sites is 1. The number of aromatic hydroxyl groups is 1. The number of aliphatic carboxylic acids is 1. The van der Waals surface area contributed by atoms with Gasteiger partial charge in [0.25, 0.3) is 0 Å². The lowest BCUT2D eigenvalue weighted by molar-refractivity contribution is -0.149. The SMILES string of the molecule is Cc1ccnn1C1(C(=O)O)CCN(c2cnnc(-c3ccccc3O)c2)CC1. The fourth-order valence-electron chi connectivity index (χ4n) is 3.82. The predicted octanol–water partition coefficient (Wildman–Crippen LogP) is 2.43. The number of phenolic OH excluding ortho intramolecular Hbond substituents is 1. The van der Waals surface area contributed by atoms with Crippen LogP contribution in [-0.4, -0.2) is 49.2 Å². The first kappa shape index (κ1) is 18.0. The molecular weight excluding hydrogens is 358 g/mol. The summed E-state index contributed by atoms with van der Waals surface area (Å²) in [5, 5.41) is 32.5. The fraction of sp³-hybridized carbons (Fsp3) is 0.300. The maximum Gasteiger partial charge on any atom is 0.331 e. The third-order valence-corrected chi connectivity index (χ3v) is 5.41. The van der Waals surface area contributed by atoms with Crippen molar-refractivity contribution in [1.82, 2.24) is 20.0 Å². The molecule has 0 saturated carbocycles. The van der Waals surface area contributed by atoms with Crippen molar-refractivity contribution in [3.05, 3.63) is 54.5 Å². The highest BCUT2D eigenvalue weighted by Gasteiger charge is 2.44. The van der Waals surface area contributed by atoms with Crippen molar-refractivity contribution in [3.8, 4) is 17.0 Å². The van der Waals surface area contributed by atoms with E-state index in [-0.39, 0.29) is 5.75 Å². The van der Waals surface area contributed by atoms with E-state index in [0.717, 1.165) is 11.4 Å². The molecule has 0 amide bonds. The van der Waals surface area contributed by atoms with Gasteiger partial charge in [-0.3, -0.25) is 4.68 Å². The lowest BCUT2D eigenvalue weighted by atomic mass is 9.87. The van der Waals surface area contributed by atoms with Crippen LogP contribution in [0.1, 0.15) is 18.5 Å². The smallest absolute Gasteiger partial charge is 0.331 e. The molecule has 1 fully saturated rings. The van der Waals surface area contributed by atoms with E-state index in [1.54, 1.807) is 35.3 Å². The van der Waals surface area contributed by atoms with Gasteiger partial charge in [0, 0.05) is 43.4 Å². The number of aromatic nitrogens is 4. The second kappa shape index (κ2) is 6.95. The van der Waals surface area contributed by atoms with Crippen molar-refractivity contribution in [3.63, 3.8) is 0 Å². The Kier molecular flexibility index (Phi) is 4.46. The van der Waals surface area contributed by atoms with Gasteiger partial charge < -0.3 is 15.1 Å². The minimum atomic E-state index is -1.04. The van der Waals surface area contributed by atoms with Crippen LogP contribution in [0.15, 0.2) is 48.8 Å². The van der Waals surface area contributed by atoms with Gasteiger partial charge in [0.15, 0.2) is 5.54 Å². The zero-order chi connectivity index (χ0) is 19.7. The Balaban J connectivity index is 1.59. The van der Waals surface area contributed by atoms with Crippen LogP contribution in [0.5, 0.6) is 5.75 Å². The Morgan fingerprint density at radius 1 is 1.18 bits per heavy atom. The summed E-state index contributed by atoms with van der Waals surface area (Å²) in [6, 6.07) is 10.7. The number of phenols is 1. The lowest BCUT2D eigenvalue weighted by Gasteiger charge is -2.40. The summed E-state index contributed by atoms with van der Waals surface area (Å²) in [4.78, 5) is 14.2. The molecule has 8 heteroatoms. The van der Waals surface area contributed by atoms with E-state index < -0.39 is 11.5 Å². The molecule has 0 bridgehead atoms. The van der Waals surface area contributed by atoms with Gasteiger partial charge in [0.1, 0.15) is 5.75 Å². The first-order chi connectivity index (χ1) is 13.5. The topological polar surface area (TPSA) is 104 Å². The third-order valence-electron chi connectivity index (χ3n) is 5.41. The Bertz CT molecular complexity index is 1010. The van der Waals surface area contributed by atoms with Gasteiger partial charge in [-0.1, -0.05) is 12.1 Å². The number of carbonyl (C=O) groups is 1. The van der Waals surface area contributed by atoms with E-state index in [9.17, 15) is 15.0 Å². The molecule has 0 spiro atoms. The van der Waals surface area contributed by atoms with Crippen molar-refractivity contribution < 1.29 is 15.0 Å². The van der Waals surface area contributed by atoms with Crippen LogP contribution in [0.2, 0.25) is 0 Å². The molecule has 3 aromatic rings. The van der Waals surface area contributed by atoms with Crippen LogP contribution in [0, 0.1) is 6.92 Å². The average Bonchev–Trinajstić information content (AvgIpc) is 3.15. The number of anilines is 1. The van der Waals surface area contributed by atoms with E-state index >= 15 is 0 Å². The van der Waals surface area contributed by atoms with Gasteiger partial charge >= 0.3 is 5.97 Å². The summed E-state index contributed by atoms with van der Waals surface area (Å²) >= 11 is 0. The monoisotopic (exact) mass is 379 g/mol. The van der Waals surface area contributed by atoms with E-state index in [0.29, 0.717) is 37.2 Å². The minimum absolute atomic E-state index is 0.145. The first-order valence-corrected chi connectivity index (χ1v) is 9.12. The molecule has 0 atom stereocenters. The average molecular weight is 379 g/mol. The van der Waals surface area contributed by atoms with Gasteiger partial charge in [0.2, 0.25) is 0 Å². The summed E-state index contributed by atoms with van der Waals surface area (Å²) in [6.07, 6.45) is 4.16.